The normalized spacial score (nSPS) is 10.7. The van der Waals surface area contributed by atoms with Crippen LogP contribution < -0.4 is 4.74 Å². The zero-order valence-corrected chi connectivity index (χ0v) is 11.9. The highest BCUT2D eigenvalue weighted by Gasteiger charge is 2.01. The molecule has 19 heavy (non-hydrogen) atoms. The second kappa shape index (κ2) is 8.52. The average molecular weight is 262 g/mol. The summed E-state index contributed by atoms with van der Waals surface area (Å²) in [7, 11) is 2.05. The molecule has 104 valence electrons. The van der Waals surface area contributed by atoms with Crippen LogP contribution in [0.25, 0.3) is 0 Å². The highest BCUT2D eigenvalue weighted by Crippen LogP contribution is 2.11. The molecule has 0 aliphatic rings. The molecule has 0 saturated carbocycles. The van der Waals surface area contributed by atoms with Crippen molar-refractivity contribution in [2.24, 2.45) is 0 Å². The van der Waals surface area contributed by atoms with Gasteiger partial charge in [0.2, 0.25) is 0 Å². The molecule has 0 heterocycles. The number of benzene rings is 1. The molecule has 0 aliphatic heterocycles. The molecule has 4 heteroatoms. The molecule has 0 saturated heterocycles. The van der Waals surface area contributed by atoms with Crippen LogP contribution in [0.5, 0.6) is 5.75 Å². The second-order valence-corrected chi connectivity index (χ2v) is 4.71. The summed E-state index contributed by atoms with van der Waals surface area (Å²) < 4.78 is 11.1. The first-order valence-corrected chi connectivity index (χ1v) is 6.55. The van der Waals surface area contributed by atoms with Gasteiger partial charge in [-0.05, 0) is 45.2 Å². The summed E-state index contributed by atoms with van der Waals surface area (Å²) in [5.41, 5.74) is 0.648. The van der Waals surface area contributed by atoms with Gasteiger partial charge in [-0.1, -0.05) is 0 Å². The number of hydrogen-bond donors (Lipinski definition) is 0. The van der Waals surface area contributed by atoms with Gasteiger partial charge < -0.3 is 14.4 Å². The fourth-order valence-electron chi connectivity index (χ4n) is 1.50. The first-order valence-electron chi connectivity index (χ1n) is 6.55. The van der Waals surface area contributed by atoms with Gasteiger partial charge in [-0.3, -0.25) is 0 Å². The van der Waals surface area contributed by atoms with Crippen molar-refractivity contribution < 1.29 is 9.47 Å². The van der Waals surface area contributed by atoms with Crippen LogP contribution in [-0.2, 0) is 4.74 Å². The van der Waals surface area contributed by atoms with Crippen molar-refractivity contribution in [1.29, 1.82) is 5.26 Å². The molecule has 4 nitrogen and oxygen atoms in total. The number of nitrogens with zero attached hydrogens (tertiary/aromatic N) is 2. The third-order valence-corrected chi connectivity index (χ3v) is 2.65. The molecule has 0 aromatic heterocycles. The number of ether oxygens (including phenoxy) is 2. The standard InChI is InChI=1S/C15H22N2O2/c1-13(2)18-10-8-17(3)9-11-19-15-6-4-14(12-16)5-7-15/h4-7,13H,8-11H2,1-3H3. The van der Waals surface area contributed by atoms with Crippen molar-refractivity contribution in [3.05, 3.63) is 29.8 Å². The largest absolute Gasteiger partial charge is 0.492 e. The summed E-state index contributed by atoms with van der Waals surface area (Å²) in [6.45, 7) is 7.19. The minimum atomic E-state index is 0.281. The summed E-state index contributed by atoms with van der Waals surface area (Å²) in [5, 5.41) is 8.69. The number of nitriles is 1. The van der Waals surface area contributed by atoms with E-state index in [4.69, 9.17) is 14.7 Å². The smallest absolute Gasteiger partial charge is 0.119 e. The lowest BCUT2D eigenvalue weighted by molar-refractivity contribution is 0.0616. The lowest BCUT2D eigenvalue weighted by Gasteiger charge is -2.17. The van der Waals surface area contributed by atoms with Crippen LogP contribution in [0.15, 0.2) is 24.3 Å². The van der Waals surface area contributed by atoms with Crippen molar-refractivity contribution in [2.75, 3.05) is 33.4 Å². The predicted octanol–water partition coefficient (Wildman–Crippen LogP) is 2.29. The molecule has 1 aromatic carbocycles. The maximum atomic E-state index is 8.69. The third-order valence-electron chi connectivity index (χ3n) is 2.65. The van der Waals surface area contributed by atoms with Crippen molar-refractivity contribution in [1.82, 2.24) is 4.90 Å². The molecule has 1 aromatic rings. The van der Waals surface area contributed by atoms with Gasteiger partial charge in [0, 0.05) is 13.1 Å². The van der Waals surface area contributed by atoms with Crippen LogP contribution in [-0.4, -0.2) is 44.4 Å². The topological polar surface area (TPSA) is 45.5 Å². The number of hydrogen-bond acceptors (Lipinski definition) is 4. The third kappa shape index (κ3) is 6.80. The molecule has 0 fully saturated rings. The maximum absolute atomic E-state index is 8.69. The van der Waals surface area contributed by atoms with E-state index in [1.54, 1.807) is 12.1 Å². The Labute approximate surface area is 115 Å². The Morgan fingerprint density at radius 2 is 1.79 bits per heavy atom. The molecule has 0 unspecified atom stereocenters. The molecule has 0 amide bonds. The highest BCUT2D eigenvalue weighted by atomic mass is 16.5. The highest BCUT2D eigenvalue weighted by molar-refractivity contribution is 5.34. The van der Waals surface area contributed by atoms with Crippen LogP contribution in [0.4, 0.5) is 0 Å². The van der Waals surface area contributed by atoms with Crippen LogP contribution in [0.2, 0.25) is 0 Å². The number of likely N-dealkylation sites (N-methyl/N-ethyl adjacent to an activating group) is 1. The Morgan fingerprint density at radius 1 is 1.16 bits per heavy atom. The summed E-state index contributed by atoms with van der Waals surface area (Å²) in [5.74, 6) is 0.797. The molecule has 0 radical (unpaired) electrons. The molecule has 0 spiro atoms. The van der Waals surface area contributed by atoms with E-state index in [0.717, 1.165) is 25.4 Å². The van der Waals surface area contributed by atoms with E-state index in [0.29, 0.717) is 12.2 Å². The summed E-state index contributed by atoms with van der Waals surface area (Å²) in [6.07, 6.45) is 0.281. The summed E-state index contributed by atoms with van der Waals surface area (Å²) in [4.78, 5) is 2.17. The van der Waals surface area contributed by atoms with E-state index in [1.807, 2.05) is 33.0 Å². The monoisotopic (exact) mass is 262 g/mol. The SMILES string of the molecule is CC(C)OCCN(C)CCOc1ccc(C#N)cc1. The summed E-state index contributed by atoms with van der Waals surface area (Å²) >= 11 is 0. The fourth-order valence-corrected chi connectivity index (χ4v) is 1.50. The van der Waals surface area contributed by atoms with Gasteiger partial charge in [-0.25, -0.2) is 0 Å². The Balaban J connectivity index is 2.17. The molecule has 0 aliphatic carbocycles. The van der Waals surface area contributed by atoms with Crippen LogP contribution in [0, 0.1) is 11.3 Å². The van der Waals surface area contributed by atoms with Gasteiger partial charge >= 0.3 is 0 Å². The maximum Gasteiger partial charge on any atom is 0.119 e. The van der Waals surface area contributed by atoms with E-state index in [1.165, 1.54) is 0 Å². The van der Waals surface area contributed by atoms with Crippen molar-refractivity contribution >= 4 is 0 Å². The molecule has 0 atom stereocenters. The molecule has 1 rings (SSSR count). The van der Waals surface area contributed by atoms with E-state index in [2.05, 4.69) is 11.0 Å². The Kier molecular flexibility index (Phi) is 6.94. The Bertz CT molecular complexity index is 396. The zero-order chi connectivity index (χ0) is 14.1. The van der Waals surface area contributed by atoms with Gasteiger partial charge in [-0.15, -0.1) is 0 Å². The quantitative estimate of drug-likeness (QED) is 0.721. The minimum absolute atomic E-state index is 0.281. The Morgan fingerprint density at radius 3 is 2.37 bits per heavy atom. The minimum Gasteiger partial charge on any atom is -0.492 e. The van der Waals surface area contributed by atoms with E-state index < -0.39 is 0 Å². The fraction of sp³-hybridized carbons (Fsp3) is 0.533. The molecular formula is C15H22N2O2. The van der Waals surface area contributed by atoms with Gasteiger partial charge in [0.25, 0.3) is 0 Å². The predicted molar refractivity (Wildman–Crippen MR) is 75.2 cm³/mol. The summed E-state index contributed by atoms with van der Waals surface area (Å²) in [6, 6.07) is 9.24. The van der Waals surface area contributed by atoms with E-state index in [-0.39, 0.29) is 6.10 Å². The van der Waals surface area contributed by atoms with Gasteiger partial charge in [0.1, 0.15) is 12.4 Å². The van der Waals surface area contributed by atoms with Crippen molar-refractivity contribution in [3.63, 3.8) is 0 Å². The molecular weight excluding hydrogens is 240 g/mol. The van der Waals surface area contributed by atoms with Crippen molar-refractivity contribution in [2.45, 2.75) is 20.0 Å². The zero-order valence-electron chi connectivity index (χ0n) is 11.9. The van der Waals surface area contributed by atoms with Crippen LogP contribution in [0.1, 0.15) is 19.4 Å². The lowest BCUT2D eigenvalue weighted by Crippen LogP contribution is -2.28. The first kappa shape index (κ1) is 15.5. The lowest BCUT2D eigenvalue weighted by atomic mass is 10.2. The van der Waals surface area contributed by atoms with E-state index >= 15 is 0 Å². The van der Waals surface area contributed by atoms with Gasteiger partial charge in [0.15, 0.2) is 0 Å². The van der Waals surface area contributed by atoms with Gasteiger partial charge in [-0.2, -0.15) is 5.26 Å². The number of rotatable bonds is 8. The second-order valence-electron chi connectivity index (χ2n) is 4.71. The van der Waals surface area contributed by atoms with Gasteiger partial charge in [0.05, 0.1) is 24.3 Å². The van der Waals surface area contributed by atoms with Crippen LogP contribution in [0.3, 0.4) is 0 Å². The first-order chi connectivity index (χ1) is 9.11. The molecule has 0 N–H and O–H groups in total. The Hall–Kier alpha value is -1.57. The van der Waals surface area contributed by atoms with Crippen molar-refractivity contribution in [3.8, 4) is 11.8 Å². The van der Waals surface area contributed by atoms with Crippen LogP contribution >= 0.6 is 0 Å². The van der Waals surface area contributed by atoms with E-state index in [9.17, 15) is 0 Å². The average Bonchev–Trinajstić information content (AvgIpc) is 2.39. The molecule has 0 bridgehead atoms.